The minimum atomic E-state index is 0.540. The smallest absolute Gasteiger partial charge is 0.0946 e. The van der Waals surface area contributed by atoms with Crippen LogP contribution in [0.3, 0.4) is 0 Å². The standard InChI is InChI=1S/C16H21ClN2/c1-2-3-4-5-15(12-19-11-10-18-13-19)14-6-8-16(17)9-7-14/h6-11,13,15H,2-5,12H2,1H3. The largest absolute Gasteiger partial charge is 0.337 e. The fourth-order valence-corrected chi connectivity index (χ4v) is 2.51. The molecule has 0 aliphatic rings. The number of imidazole rings is 1. The molecule has 0 saturated heterocycles. The molecule has 2 rings (SSSR count). The van der Waals surface area contributed by atoms with Gasteiger partial charge in [0, 0.05) is 29.9 Å². The lowest BCUT2D eigenvalue weighted by Crippen LogP contribution is -2.08. The van der Waals surface area contributed by atoms with Crippen LogP contribution in [0, 0.1) is 0 Å². The number of hydrogen-bond acceptors (Lipinski definition) is 1. The van der Waals surface area contributed by atoms with Crippen LogP contribution >= 0.6 is 11.6 Å². The zero-order chi connectivity index (χ0) is 13.5. The Kier molecular flexibility index (Phi) is 5.46. The molecule has 0 spiro atoms. The van der Waals surface area contributed by atoms with Gasteiger partial charge in [-0.2, -0.15) is 0 Å². The summed E-state index contributed by atoms with van der Waals surface area (Å²) in [6.45, 7) is 3.23. The van der Waals surface area contributed by atoms with E-state index in [4.69, 9.17) is 11.6 Å². The second-order valence-corrected chi connectivity index (χ2v) is 5.44. The summed E-state index contributed by atoms with van der Waals surface area (Å²) in [5.41, 5.74) is 1.37. The predicted octanol–water partition coefficient (Wildman–Crippen LogP) is 4.90. The van der Waals surface area contributed by atoms with Gasteiger partial charge in [-0.25, -0.2) is 4.98 Å². The van der Waals surface area contributed by atoms with Crippen molar-refractivity contribution in [3.63, 3.8) is 0 Å². The van der Waals surface area contributed by atoms with Crippen LogP contribution in [0.15, 0.2) is 43.0 Å². The molecule has 0 aliphatic heterocycles. The Hall–Kier alpha value is -1.28. The van der Waals surface area contributed by atoms with Crippen molar-refractivity contribution in [3.8, 4) is 0 Å². The first kappa shape index (κ1) is 14.1. The average molecular weight is 277 g/mol. The molecule has 0 aliphatic carbocycles. The highest BCUT2D eigenvalue weighted by Crippen LogP contribution is 2.25. The van der Waals surface area contributed by atoms with Gasteiger partial charge in [0.05, 0.1) is 6.33 Å². The molecular weight excluding hydrogens is 256 g/mol. The number of nitrogens with zero attached hydrogens (tertiary/aromatic N) is 2. The SMILES string of the molecule is CCCCCC(Cn1ccnc1)c1ccc(Cl)cc1. The van der Waals surface area contributed by atoms with Crippen LogP contribution in [0.4, 0.5) is 0 Å². The molecule has 1 atom stereocenters. The fraction of sp³-hybridized carbons (Fsp3) is 0.438. The molecule has 0 bridgehead atoms. The molecule has 3 heteroatoms. The Morgan fingerprint density at radius 3 is 2.63 bits per heavy atom. The molecule has 102 valence electrons. The lowest BCUT2D eigenvalue weighted by molar-refractivity contribution is 0.497. The number of rotatable bonds is 7. The number of benzene rings is 1. The van der Waals surface area contributed by atoms with Crippen LogP contribution in [0.2, 0.25) is 5.02 Å². The van der Waals surface area contributed by atoms with E-state index in [2.05, 4.69) is 28.6 Å². The molecule has 1 aromatic heterocycles. The molecule has 0 amide bonds. The van der Waals surface area contributed by atoms with Crippen molar-refractivity contribution in [2.75, 3.05) is 0 Å². The number of aromatic nitrogens is 2. The van der Waals surface area contributed by atoms with E-state index in [9.17, 15) is 0 Å². The van der Waals surface area contributed by atoms with Gasteiger partial charge in [0.2, 0.25) is 0 Å². The Morgan fingerprint density at radius 2 is 2.00 bits per heavy atom. The molecule has 1 heterocycles. The predicted molar refractivity (Wildman–Crippen MR) is 80.6 cm³/mol. The monoisotopic (exact) mass is 276 g/mol. The maximum absolute atomic E-state index is 5.97. The Morgan fingerprint density at radius 1 is 1.21 bits per heavy atom. The quantitative estimate of drug-likeness (QED) is 0.658. The number of halogens is 1. The maximum atomic E-state index is 5.97. The number of unbranched alkanes of at least 4 members (excludes halogenated alkanes) is 2. The third-order valence-corrected chi connectivity index (χ3v) is 3.74. The van der Waals surface area contributed by atoms with Gasteiger partial charge in [0.25, 0.3) is 0 Å². The first-order chi connectivity index (χ1) is 9.29. The van der Waals surface area contributed by atoms with Crippen molar-refractivity contribution < 1.29 is 0 Å². The summed E-state index contributed by atoms with van der Waals surface area (Å²) < 4.78 is 2.16. The molecule has 2 aromatic rings. The highest BCUT2D eigenvalue weighted by molar-refractivity contribution is 6.30. The average Bonchev–Trinajstić information content (AvgIpc) is 2.92. The van der Waals surface area contributed by atoms with Crippen LogP contribution in [-0.4, -0.2) is 9.55 Å². The minimum Gasteiger partial charge on any atom is -0.337 e. The van der Waals surface area contributed by atoms with Crippen molar-refractivity contribution in [2.24, 2.45) is 0 Å². The van der Waals surface area contributed by atoms with Crippen LogP contribution in [0.25, 0.3) is 0 Å². The van der Waals surface area contributed by atoms with Gasteiger partial charge in [-0.15, -0.1) is 0 Å². The van der Waals surface area contributed by atoms with Gasteiger partial charge in [0.15, 0.2) is 0 Å². The summed E-state index contributed by atoms with van der Waals surface area (Å²) in [4.78, 5) is 4.12. The summed E-state index contributed by atoms with van der Waals surface area (Å²) in [6.07, 6.45) is 10.8. The zero-order valence-electron chi connectivity index (χ0n) is 11.4. The van der Waals surface area contributed by atoms with E-state index >= 15 is 0 Å². The second kappa shape index (κ2) is 7.34. The Balaban J connectivity index is 2.06. The van der Waals surface area contributed by atoms with Crippen molar-refractivity contribution in [1.82, 2.24) is 9.55 Å². The second-order valence-electron chi connectivity index (χ2n) is 5.00. The maximum Gasteiger partial charge on any atom is 0.0946 e. The molecule has 19 heavy (non-hydrogen) atoms. The lowest BCUT2D eigenvalue weighted by atomic mass is 9.93. The highest BCUT2D eigenvalue weighted by Gasteiger charge is 2.12. The summed E-state index contributed by atoms with van der Waals surface area (Å²) in [6, 6.07) is 8.26. The number of hydrogen-bond donors (Lipinski definition) is 0. The summed E-state index contributed by atoms with van der Waals surface area (Å²) in [5.74, 6) is 0.540. The molecule has 0 radical (unpaired) electrons. The molecule has 1 unspecified atom stereocenters. The normalized spacial score (nSPS) is 12.5. The van der Waals surface area contributed by atoms with Crippen molar-refractivity contribution in [2.45, 2.75) is 45.1 Å². The van der Waals surface area contributed by atoms with Gasteiger partial charge < -0.3 is 4.57 Å². The van der Waals surface area contributed by atoms with E-state index < -0.39 is 0 Å². The van der Waals surface area contributed by atoms with Crippen LogP contribution in [0.1, 0.15) is 44.1 Å². The Labute approximate surface area is 120 Å². The topological polar surface area (TPSA) is 17.8 Å². The van der Waals surface area contributed by atoms with E-state index in [0.29, 0.717) is 5.92 Å². The highest BCUT2D eigenvalue weighted by atomic mass is 35.5. The fourth-order valence-electron chi connectivity index (χ4n) is 2.39. The third kappa shape index (κ3) is 4.39. The van der Waals surface area contributed by atoms with E-state index in [1.165, 1.54) is 31.2 Å². The lowest BCUT2D eigenvalue weighted by Gasteiger charge is -2.18. The first-order valence-corrected chi connectivity index (χ1v) is 7.38. The van der Waals surface area contributed by atoms with Gasteiger partial charge in [0.1, 0.15) is 0 Å². The molecule has 1 aromatic carbocycles. The van der Waals surface area contributed by atoms with Crippen molar-refractivity contribution >= 4 is 11.6 Å². The summed E-state index contributed by atoms with van der Waals surface area (Å²) in [7, 11) is 0. The molecule has 0 N–H and O–H groups in total. The van der Waals surface area contributed by atoms with Crippen LogP contribution in [-0.2, 0) is 6.54 Å². The van der Waals surface area contributed by atoms with Gasteiger partial charge in [-0.1, -0.05) is 49.9 Å². The summed E-state index contributed by atoms with van der Waals surface area (Å²) in [5, 5.41) is 0.804. The molecule has 0 saturated carbocycles. The van der Waals surface area contributed by atoms with Crippen molar-refractivity contribution in [1.29, 1.82) is 0 Å². The van der Waals surface area contributed by atoms with E-state index in [-0.39, 0.29) is 0 Å². The molecule has 0 fully saturated rings. The van der Waals surface area contributed by atoms with E-state index in [1.807, 2.05) is 30.9 Å². The van der Waals surface area contributed by atoms with Crippen LogP contribution in [0.5, 0.6) is 0 Å². The van der Waals surface area contributed by atoms with Crippen molar-refractivity contribution in [3.05, 3.63) is 53.6 Å². The third-order valence-electron chi connectivity index (χ3n) is 3.49. The van der Waals surface area contributed by atoms with Gasteiger partial charge in [-0.3, -0.25) is 0 Å². The Bertz CT molecular complexity index is 462. The van der Waals surface area contributed by atoms with Gasteiger partial charge in [-0.05, 0) is 24.1 Å². The molecular formula is C16H21ClN2. The summed E-state index contributed by atoms with van der Waals surface area (Å²) >= 11 is 5.97. The van der Waals surface area contributed by atoms with Crippen LogP contribution < -0.4 is 0 Å². The molecule has 2 nitrogen and oxygen atoms in total. The van der Waals surface area contributed by atoms with E-state index in [1.54, 1.807) is 0 Å². The zero-order valence-corrected chi connectivity index (χ0v) is 12.2. The minimum absolute atomic E-state index is 0.540. The van der Waals surface area contributed by atoms with E-state index in [0.717, 1.165) is 11.6 Å². The van der Waals surface area contributed by atoms with Gasteiger partial charge >= 0.3 is 0 Å². The first-order valence-electron chi connectivity index (χ1n) is 7.00.